The van der Waals surface area contributed by atoms with Crippen LogP contribution in [0.15, 0.2) is 48.5 Å². The van der Waals surface area contributed by atoms with Crippen molar-refractivity contribution in [1.29, 1.82) is 0 Å². The van der Waals surface area contributed by atoms with Crippen LogP contribution in [-0.4, -0.2) is 25.4 Å². The highest BCUT2D eigenvalue weighted by Gasteiger charge is 2.04. The maximum Gasteiger partial charge on any atom is 0.166 e. The fourth-order valence-corrected chi connectivity index (χ4v) is 2.58. The predicted octanol–water partition coefficient (Wildman–Crippen LogP) is 3.30. The Bertz CT molecular complexity index is 661. The van der Waals surface area contributed by atoms with Gasteiger partial charge in [-0.3, -0.25) is 0 Å². The number of benzene rings is 2. The molecule has 0 saturated heterocycles. The van der Waals surface area contributed by atoms with Crippen molar-refractivity contribution in [3.8, 4) is 11.5 Å². The van der Waals surface area contributed by atoms with Crippen molar-refractivity contribution < 1.29 is 9.47 Å². The average Bonchev–Trinajstić information content (AvgIpc) is 2.62. The van der Waals surface area contributed by atoms with Gasteiger partial charge >= 0.3 is 0 Å². The molecule has 24 heavy (non-hydrogen) atoms. The monoisotopic (exact) mass is 344 g/mol. The number of rotatable bonds is 8. The lowest BCUT2D eigenvalue weighted by molar-refractivity contribution is 0.336. The Morgan fingerprint density at radius 2 is 1.62 bits per heavy atom. The Morgan fingerprint density at radius 1 is 0.958 bits per heavy atom. The van der Waals surface area contributed by atoms with Crippen LogP contribution in [0, 0.1) is 0 Å². The molecule has 0 aliphatic rings. The maximum atomic E-state index is 5.64. The molecule has 0 aliphatic carbocycles. The smallest absolute Gasteiger partial charge is 0.166 e. The molecule has 128 valence electrons. The summed E-state index contributed by atoms with van der Waals surface area (Å²) in [5, 5.41) is 7.08. The van der Waals surface area contributed by atoms with Crippen LogP contribution < -0.4 is 20.1 Å². The molecule has 0 bridgehead atoms. The zero-order chi connectivity index (χ0) is 17.2. The lowest BCUT2D eigenvalue weighted by Gasteiger charge is -2.14. The molecule has 0 fully saturated rings. The first kappa shape index (κ1) is 18.1. The lowest BCUT2D eigenvalue weighted by Crippen LogP contribution is -2.36. The van der Waals surface area contributed by atoms with Crippen LogP contribution in [0.3, 0.4) is 0 Å². The van der Waals surface area contributed by atoms with Gasteiger partial charge in [-0.15, -0.1) is 0 Å². The fourth-order valence-electron chi connectivity index (χ4n) is 2.40. The van der Waals surface area contributed by atoms with Crippen molar-refractivity contribution in [2.75, 3.05) is 20.3 Å². The summed E-state index contributed by atoms with van der Waals surface area (Å²) in [5.74, 6) is 1.80. The number of hydrogen-bond donors (Lipinski definition) is 2. The van der Waals surface area contributed by atoms with E-state index >= 15 is 0 Å². The summed E-state index contributed by atoms with van der Waals surface area (Å²) in [6.45, 7) is 4.04. The third-order valence-electron chi connectivity index (χ3n) is 3.58. The molecule has 5 heteroatoms. The van der Waals surface area contributed by atoms with Crippen LogP contribution in [0.5, 0.6) is 11.5 Å². The quantitative estimate of drug-likeness (QED) is 0.719. The minimum absolute atomic E-state index is 0.630. The van der Waals surface area contributed by atoms with E-state index in [0.717, 1.165) is 30.0 Å². The summed E-state index contributed by atoms with van der Waals surface area (Å²) >= 11 is 5.34. The molecule has 0 saturated carbocycles. The molecule has 0 radical (unpaired) electrons. The van der Waals surface area contributed by atoms with Crippen molar-refractivity contribution in [3.63, 3.8) is 0 Å². The van der Waals surface area contributed by atoms with Crippen molar-refractivity contribution in [2.24, 2.45) is 0 Å². The molecule has 0 spiro atoms. The molecule has 0 aromatic heterocycles. The molecule has 2 N–H and O–H groups in total. The predicted molar refractivity (Wildman–Crippen MR) is 102 cm³/mol. The van der Waals surface area contributed by atoms with Gasteiger partial charge in [0.25, 0.3) is 0 Å². The highest BCUT2D eigenvalue weighted by Crippen LogP contribution is 2.18. The van der Waals surface area contributed by atoms with Crippen molar-refractivity contribution in [1.82, 2.24) is 10.6 Å². The second kappa shape index (κ2) is 9.78. The number of para-hydroxylation sites is 2. The zero-order valence-electron chi connectivity index (χ0n) is 14.2. The van der Waals surface area contributed by atoms with Crippen LogP contribution >= 0.6 is 12.2 Å². The van der Waals surface area contributed by atoms with Gasteiger partial charge < -0.3 is 20.1 Å². The first-order valence-electron chi connectivity index (χ1n) is 8.09. The molecule has 2 aromatic rings. The number of hydrogen-bond acceptors (Lipinski definition) is 3. The third-order valence-corrected chi connectivity index (χ3v) is 3.87. The molecule has 0 heterocycles. The SMILES string of the molecule is CCOc1ccccc1CCNC(=S)NCc1ccccc1OC. The highest BCUT2D eigenvalue weighted by molar-refractivity contribution is 7.80. The van der Waals surface area contributed by atoms with E-state index in [1.165, 1.54) is 5.56 Å². The molecule has 0 unspecified atom stereocenters. The van der Waals surface area contributed by atoms with Crippen molar-refractivity contribution >= 4 is 17.3 Å². The maximum absolute atomic E-state index is 5.64. The number of methoxy groups -OCH3 is 1. The summed E-state index contributed by atoms with van der Waals surface area (Å²) < 4.78 is 11.0. The minimum Gasteiger partial charge on any atom is -0.496 e. The van der Waals surface area contributed by atoms with E-state index in [1.807, 2.05) is 49.4 Å². The molecular formula is C19H24N2O2S. The standard InChI is InChI=1S/C19H24N2O2S/c1-3-23-18-11-7-4-8-15(18)12-13-20-19(24)21-14-16-9-5-6-10-17(16)22-2/h4-11H,3,12-14H2,1-2H3,(H2,20,21,24). The van der Waals surface area contributed by atoms with Crippen molar-refractivity contribution in [2.45, 2.75) is 19.9 Å². The normalized spacial score (nSPS) is 10.1. The second-order valence-electron chi connectivity index (χ2n) is 5.21. The summed E-state index contributed by atoms with van der Waals surface area (Å²) in [7, 11) is 1.67. The zero-order valence-corrected chi connectivity index (χ0v) is 15.0. The Hall–Kier alpha value is -2.27. The van der Waals surface area contributed by atoms with Gasteiger partial charge in [-0.25, -0.2) is 0 Å². The summed E-state index contributed by atoms with van der Waals surface area (Å²) in [5.41, 5.74) is 2.25. The molecule has 0 amide bonds. The van der Waals surface area contributed by atoms with Crippen LogP contribution in [0.2, 0.25) is 0 Å². The summed E-state index contributed by atoms with van der Waals surface area (Å²) in [6, 6.07) is 16.0. The lowest BCUT2D eigenvalue weighted by atomic mass is 10.1. The molecular weight excluding hydrogens is 320 g/mol. The van der Waals surface area contributed by atoms with Gasteiger partial charge in [0, 0.05) is 18.7 Å². The van der Waals surface area contributed by atoms with E-state index in [0.29, 0.717) is 18.3 Å². The van der Waals surface area contributed by atoms with E-state index in [2.05, 4.69) is 16.7 Å². The number of ether oxygens (including phenoxy) is 2. The van der Waals surface area contributed by atoms with Gasteiger partial charge in [0.05, 0.1) is 13.7 Å². The Labute approximate surface area is 149 Å². The van der Waals surface area contributed by atoms with Gasteiger partial charge in [0.15, 0.2) is 5.11 Å². The Balaban J connectivity index is 1.78. The van der Waals surface area contributed by atoms with E-state index in [-0.39, 0.29) is 0 Å². The molecule has 0 atom stereocenters. The summed E-state index contributed by atoms with van der Waals surface area (Å²) in [6.07, 6.45) is 0.854. The first-order chi connectivity index (χ1) is 11.7. The first-order valence-corrected chi connectivity index (χ1v) is 8.49. The van der Waals surface area contributed by atoms with Crippen molar-refractivity contribution in [3.05, 3.63) is 59.7 Å². The largest absolute Gasteiger partial charge is 0.496 e. The molecule has 4 nitrogen and oxygen atoms in total. The number of thiocarbonyl (C=S) groups is 1. The second-order valence-corrected chi connectivity index (χ2v) is 5.62. The topological polar surface area (TPSA) is 42.5 Å². The number of nitrogens with one attached hydrogen (secondary N) is 2. The van der Waals surface area contributed by atoms with Gasteiger partial charge in [-0.2, -0.15) is 0 Å². The van der Waals surface area contributed by atoms with E-state index in [9.17, 15) is 0 Å². The van der Waals surface area contributed by atoms with Crippen LogP contribution in [-0.2, 0) is 13.0 Å². The van der Waals surface area contributed by atoms with Gasteiger partial charge in [-0.1, -0.05) is 36.4 Å². The third kappa shape index (κ3) is 5.42. The fraction of sp³-hybridized carbons (Fsp3) is 0.316. The van der Waals surface area contributed by atoms with E-state index in [4.69, 9.17) is 21.7 Å². The van der Waals surface area contributed by atoms with Crippen LogP contribution in [0.1, 0.15) is 18.1 Å². The Kier molecular flexibility index (Phi) is 7.36. The summed E-state index contributed by atoms with van der Waals surface area (Å²) in [4.78, 5) is 0. The highest BCUT2D eigenvalue weighted by atomic mass is 32.1. The van der Waals surface area contributed by atoms with E-state index < -0.39 is 0 Å². The molecule has 0 aliphatic heterocycles. The minimum atomic E-state index is 0.630. The molecule has 2 aromatic carbocycles. The average molecular weight is 344 g/mol. The Morgan fingerprint density at radius 3 is 2.33 bits per heavy atom. The van der Waals surface area contributed by atoms with E-state index in [1.54, 1.807) is 7.11 Å². The van der Waals surface area contributed by atoms with Gasteiger partial charge in [0.1, 0.15) is 11.5 Å². The van der Waals surface area contributed by atoms with Crippen LogP contribution in [0.4, 0.5) is 0 Å². The van der Waals surface area contributed by atoms with Gasteiger partial charge in [0.2, 0.25) is 0 Å². The molecule has 2 rings (SSSR count). The van der Waals surface area contributed by atoms with Crippen LogP contribution in [0.25, 0.3) is 0 Å². The van der Waals surface area contributed by atoms with Gasteiger partial charge in [-0.05, 0) is 43.3 Å².